The predicted molar refractivity (Wildman–Crippen MR) is 75.7 cm³/mol. The molecule has 0 saturated heterocycles. The van der Waals surface area contributed by atoms with Crippen LogP contribution in [-0.2, 0) is 6.42 Å². The first-order valence-corrected chi connectivity index (χ1v) is 6.25. The van der Waals surface area contributed by atoms with Gasteiger partial charge in [-0.3, -0.25) is 5.10 Å². The maximum absolute atomic E-state index is 5.91. The number of H-pyrrole nitrogens is 1. The average Bonchev–Trinajstić information content (AvgIpc) is 2.75. The Morgan fingerprint density at radius 1 is 1.33 bits per heavy atom. The van der Waals surface area contributed by atoms with E-state index in [9.17, 15) is 0 Å². The average molecular weight is 244 g/mol. The number of hydrogen-bond acceptors (Lipinski definition) is 3. The van der Waals surface area contributed by atoms with Gasteiger partial charge >= 0.3 is 0 Å². The lowest BCUT2D eigenvalue weighted by molar-refractivity contribution is 0.857. The van der Waals surface area contributed by atoms with Gasteiger partial charge in [-0.05, 0) is 49.9 Å². The van der Waals surface area contributed by atoms with Crippen LogP contribution in [0.3, 0.4) is 0 Å². The summed E-state index contributed by atoms with van der Waals surface area (Å²) >= 11 is 0. The van der Waals surface area contributed by atoms with Gasteiger partial charge in [0.25, 0.3) is 0 Å². The summed E-state index contributed by atoms with van der Waals surface area (Å²) < 4.78 is 0. The molecule has 0 saturated carbocycles. The van der Waals surface area contributed by atoms with Gasteiger partial charge in [-0.25, -0.2) is 0 Å². The second-order valence-corrected chi connectivity index (χ2v) is 4.64. The highest BCUT2D eigenvalue weighted by molar-refractivity contribution is 5.66. The van der Waals surface area contributed by atoms with Gasteiger partial charge in [0.15, 0.2) is 0 Å². The highest BCUT2D eigenvalue weighted by atomic mass is 15.1. The van der Waals surface area contributed by atoms with Crippen LogP contribution in [0.4, 0.5) is 11.4 Å². The summed E-state index contributed by atoms with van der Waals surface area (Å²) in [5.74, 6) is 0. The molecule has 0 aliphatic rings. The predicted octanol–water partition coefficient (Wildman–Crippen LogP) is 2.65. The van der Waals surface area contributed by atoms with E-state index in [1.54, 1.807) is 0 Å². The summed E-state index contributed by atoms with van der Waals surface area (Å²) in [7, 11) is 0. The van der Waals surface area contributed by atoms with Crippen molar-refractivity contribution in [2.24, 2.45) is 0 Å². The van der Waals surface area contributed by atoms with E-state index in [1.165, 1.54) is 11.1 Å². The first-order valence-electron chi connectivity index (χ1n) is 6.25. The van der Waals surface area contributed by atoms with Crippen molar-refractivity contribution in [1.29, 1.82) is 0 Å². The molecule has 4 nitrogen and oxygen atoms in total. The Labute approximate surface area is 108 Å². The number of nitrogens with two attached hydrogens (primary N) is 1. The summed E-state index contributed by atoms with van der Waals surface area (Å²) in [6.07, 6.45) is 3.99. The highest BCUT2D eigenvalue weighted by Crippen LogP contribution is 2.19. The molecule has 96 valence electrons. The summed E-state index contributed by atoms with van der Waals surface area (Å²) in [5.41, 5.74) is 11.4. The molecule has 1 aromatic carbocycles. The van der Waals surface area contributed by atoms with Gasteiger partial charge in [-0.1, -0.05) is 6.07 Å². The van der Waals surface area contributed by atoms with Crippen LogP contribution < -0.4 is 11.1 Å². The van der Waals surface area contributed by atoms with Crippen LogP contribution in [0.2, 0.25) is 0 Å². The van der Waals surface area contributed by atoms with Crippen molar-refractivity contribution in [2.75, 3.05) is 17.6 Å². The molecule has 0 unspecified atom stereocenters. The minimum atomic E-state index is 0.806. The van der Waals surface area contributed by atoms with Gasteiger partial charge in [0, 0.05) is 12.2 Å². The normalized spacial score (nSPS) is 10.6. The molecule has 0 amide bonds. The molecule has 1 aromatic heterocycles. The van der Waals surface area contributed by atoms with Gasteiger partial charge in [0.2, 0.25) is 0 Å². The summed E-state index contributed by atoms with van der Waals surface area (Å²) in [4.78, 5) is 0. The Hall–Kier alpha value is -1.97. The molecule has 0 aliphatic carbocycles. The number of nitrogens with one attached hydrogen (secondary N) is 2. The Balaban J connectivity index is 1.82. The summed E-state index contributed by atoms with van der Waals surface area (Å²) in [6.45, 7) is 5.03. The fourth-order valence-corrected chi connectivity index (χ4v) is 1.95. The van der Waals surface area contributed by atoms with E-state index < -0.39 is 0 Å². The third kappa shape index (κ3) is 3.03. The van der Waals surface area contributed by atoms with Crippen molar-refractivity contribution < 1.29 is 0 Å². The molecule has 18 heavy (non-hydrogen) atoms. The second-order valence-electron chi connectivity index (χ2n) is 4.64. The molecule has 4 N–H and O–H groups in total. The van der Waals surface area contributed by atoms with Crippen molar-refractivity contribution in [3.8, 4) is 0 Å². The minimum absolute atomic E-state index is 0.806. The van der Waals surface area contributed by atoms with Crippen LogP contribution in [0.15, 0.2) is 24.4 Å². The molecule has 2 aromatic rings. The molecule has 2 rings (SSSR count). The van der Waals surface area contributed by atoms with Crippen LogP contribution in [-0.4, -0.2) is 16.7 Å². The molecular weight excluding hydrogens is 224 g/mol. The summed E-state index contributed by atoms with van der Waals surface area (Å²) in [6, 6.07) is 6.05. The fraction of sp³-hybridized carbons (Fsp3) is 0.357. The monoisotopic (exact) mass is 244 g/mol. The van der Waals surface area contributed by atoms with E-state index in [1.807, 2.05) is 25.3 Å². The number of aryl methyl sites for hydroxylation is 3. The second kappa shape index (κ2) is 5.58. The third-order valence-corrected chi connectivity index (χ3v) is 3.08. The van der Waals surface area contributed by atoms with E-state index in [2.05, 4.69) is 28.5 Å². The molecule has 0 fully saturated rings. The first kappa shape index (κ1) is 12.5. The zero-order valence-corrected chi connectivity index (χ0v) is 11.0. The van der Waals surface area contributed by atoms with E-state index in [0.717, 1.165) is 36.5 Å². The van der Waals surface area contributed by atoms with E-state index >= 15 is 0 Å². The maximum Gasteiger partial charge on any atom is 0.0576 e. The minimum Gasteiger partial charge on any atom is -0.397 e. The zero-order valence-electron chi connectivity index (χ0n) is 11.0. The van der Waals surface area contributed by atoms with E-state index in [4.69, 9.17) is 5.73 Å². The van der Waals surface area contributed by atoms with Crippen LogP contribution in [0.5, 0.6) is 0 Å². The lowest BCUT2D eigenvalue weighted by Gasteiger charge is -2.09. The maximum atomic E-state index is 5.91. The Morgan fingerprint density at radius 3 is 2.89 bits per heavy atom. The smallest absolute Gasteiger partial charge is 0.0576 e. The number of aromatic nitrogens is 2. The molecule has 0 spiro atoms. The Bertz CT molecular complexity index is 516. The summed E-state index contributed by atoms with van der Waals surface area (Å²) in [5, 5.41) is 10.4. The van der Waals surface area contributed by atoms with Gasteiger partial charge in [0.1, 0.15) is 0 Å². The van der Waals surface area contributed by atoms with Gasteiger partial charge in [0.05, 0.1) is 17.6 Å². The number of aromatic amines is 1. The molecule has 0 aliphatic heterocycles. The number of anilines is 2. The highest BCUT2D eigenvalue weighted by Gasteiger charge is 2.01. The quantitative estimate of drug-likeness (QED) is 0.559. The van der Waals surface area contributed by atoms with Gasteiger partial charge < -0.3 is 11.1 Å². The van der Waals surface area contributed by atoms with Crippen molar-refractivity contribution in [3.63, 3.8) is 0 Å². The lowest BCUT2D eigenvalue weighted by atomic mass is 10.1. The van der Waals surface area contributed by atoms with Gasteiger partial charge in [-0.15, -0.1) is 0 Å². The number of hydrogen-bond donors (Lipinski definition) is 3. The third-order valence-electron chi connectivity index (χ3n) is 3.08. The Kier molecular flexibility index (Phi) is 3.87. The molecule has 1 heterocycles. The largest absolute Gasteiger partial charge is 0.397 e. The van der Waals surface area contributed by atoms with Crippen LogP contribution in [0.25, 0.3) is 0 Å². The fourth-order valence-electron chi connectivity index (χ4n) is 1.95. The van der Waals surface area contributed by atoms with Crippen molar-refractivity contribution in [2.45, 2.75) is 26.7 Å². The van der Waals surface area contributed by atoms with E-state index in [-0.39, 0.29) is 0 Å². The zero-order chi connectivity index (χ0) is 13.0. The van der Waals surface area contributed by atoms with Crippen LogP contribution in [0, 0.1) is 13.8 Å². The number of nitrogens with zero attached hydrogens (tertiary/aromatic N) is 1. The van der Waals surface area contributed by atoms with Crippen molar-refractivity contribution >= 4 is 11.4 Å². The lowest BCUT2D eigenvalue weighted by Crippen LogP contribution is -2.05. The molecular formula is C14H20N4. The molecule has 0 radical (unpaired) electrons. The number of benzene rings is 1. The van der Waals surface area contributed by atoms with E-state index in [0.29, 0.717) is 0 Å². The molecule has 0 bridgehead atoms. The molecule has 0 atom stereocenters. The first-order chi connectivity index (χ1) is 8.66. The number of rotatable bonds is 5. The standard InChI is InChI=1S/C14H20N4/c1-10-5-6-13(15)14(8-10)16-7-3-4-12-9-17-18-11(12)2/h5-6,8-9,16H,3-4,7,15H2,1-2H3,(H,17,18). The molecule has 4 heteroatoms. The van der Waals surface area contributed by atoms with Gasteiger partial charge in [-0.2, -0.15) is 5.10 Å². The topological polar surface area (TPSA) is 66.7 Å². The number of nitrogen functional groups attached to an aromatic ring is 1. The van der Waals surface area contributed by atoms with Crippen LogP contribution in [0.1, 0.15) is 23.2 Å². The van der Waals surface area contributed by atoms with Crippen LogP contribution >= 0.6 is 0 Å². The van der Waals surface area contributed by atoms with Crippen molar-refractivity contribution in [1.82, 2.24) is 10.2 Å². The SMILES string of the molecule is Cc1ccc(N)c(NCCCc2cn[nH]c2C)c1. The van der Waals surface area contributed by atoms with Crippen molar-refractivity contribution in [3.05, 3.63) is 41.2 Å². The Morgan fingerprint density at radius 2 is 2.17 bits per heavy atom.